The summed E-state index contributed by atoms with van der Waals surface area (Å²) >= 11 is 0. The number of nitrogens with two attached hydrogens (primary N) is 1. The van der Waals surface area contributed by atoms with E-state index in [-0.39, 0.29) is 17.3 Å². The molecule has 0 bridgehead atoms. The number of rotatable bonds is 6. The Labute approximate surface area is 182 Å². The molecule has 0 aliphatic carbocycles. The van der Waals surface area contributed by atoms with Crippen molar-refractivity contribution in [3.63, 3.8) is 0 Å². The zero-order valence-corrected chi connectivity index (χ0v) is 17.3. The minimum absolute atomic E-state index is 0.140. The number of hydrogen-bond acceptors (Lipinski definition) is 7. The molecule has 11 heteroatoms. The molecule has 0 saturated carbocycles. The van der Waals surface area contributed by atoms with E-state index in [1.807, 2.05) is 42.5 Å². The lowest BCUT2D eigenvalue weighted by Gasteiger charge is -2.06. The van der Waals surface area contributed by atoms with Crippen molar-refractivity contribution in [2.75, 3.05) is 0 Å². The van der Waals surface area contributed by atoms with Gasteiger partial charge in [-0.15, -0.1) is 10.2 Å². The molecule has 1 aromatic heterocycles. The molecule has 162 valence electrons. The Bertz CT molecular complexity index is 1460. The number of aromatic hydroxyl groups is 1. The Morgan fingerprint density at radius 1 is 1.00 bits per heavy atom. The Morgan fingerprint density at radius 2 is 1.69 bits per heavy atom. The second-order valence-corrected chi connectivity index (χ2v) is 8.48. The van der Waals surface area contributed by atoms with Gasteiger partial charge in [-0.3, -0.25) is 10.1 Å². The van der Waals surface area contributed by atoms with Crippen molar-refractivity contribution in [2.45, 2.75) is 11.4 Å². The Kier molecular flexibility index (Phi) is 5.43. The number of azo groups is 1. The summed E-state index contributed by atoms with van der Waals surface area (Å²) in [5, 5.41) is 35.9. The van der Waals surface area contributed by atoms with E-state index >= 15 is 0 Å². The van der Waals surface area contributed by atoms with Crippen LogP contribution in [0.1, 0.15) is 5.56 Å². The second kappa shape index (κ2) is 8.21. The average Bonchev–Trinajstić information content (AvgIpc) is 3.03. The van der Waals surface area contributed by atoms with Gasteiger partial charge in [0.25, 0.3) is 5.69 Å². The smallest absolute Gasteiger partial charge is 0.298 e. The van der Waals surface area contributed by atoms with Crippen molar-refractivity contribution >= 4 is 38.0 Å². The van der Waals surface area contributed by atoms with Crippen molar-refractivity contribution in [3.8, 4) is 5.88 Å². The van der Waals surface area contributed by atoms with Gasteiger partial charge in [-0.2, -0.15) is 0 Å². The SMILES string of the molecule is NS(=O)(=O)c1ccc(N=Nc2c(O)n(Cc3ccccc3)c3ccccc23)c([N+](=O)[O-])c1. The fourth-order valence-corrected chi connectivity index (χ4v) is 3.84. The number of aromatic nitrogens is 1. The van der Waals surface area contributed by atoms with Crippen LogP contribution in [-0.4, -0.2) is 23.0 Å². The van der Waals surface area contributed by atoms with E-state index in [1.165, 1.54) is 0 Å². The summed E-state index contributed by atoms with van der Waals surface area (Å²) in [6.45, 7) is 0.381. The molecule has 0 saturated heterocycles. The highest BCUT2D eigenvalue weighted by Gasteiger charge is 2.20. The van der Waals surface area contributed by atoms with Crippen molar-refractivity contribution < 1.29 is 18.4 Å². The van der Waals surface area contributed by atoms with Crippen molar-refractivity contribution in [3.05, 3.63) is 88.5 Å². The monoisotopic (exact) mass is 451 g/mol. The quantitative estimate of drug-likeness (QED) is 0.253. The molecular weight excluding hydrogens is 434 g/mol. The number of primary sulfonamides is 1. The van der Waals surface area contributed by atoms with E-state index in [0.717, 1.165) is 23.8 Å². The van der Waals surface area contributed by atoms with Crippen LogP contribution >= 0.6 is 0 Å². The topological polar surface area (TPSA) is 153 Å². The molecule has 32 heavy (non-hydrogen) atoms. The Morgan fingerprint density at radius 3 is 2.38 bits per heavy atom. The van der Waals surface area contributed by atoms with Crippen LogP contribution in [0.25, 0.3) is 10.9 Å². The van der Waals surface area contributed by atoms with E-state index in [4.69, 9.17) is 5.14 Å². The zero-order valence-electron chi connectivity index (χ0n) is 16.5. The molecule has 0 atom stereocenters. The molecule has 4 rings (SSSR count). The predicted octanol–water partition coefficient (Wildman–Crippen LogP) is 4.37. The molecule has 0 aliphatic rings. The Hall–Kier alpha value is -4.09. The van der Waals surface area contributed by atoms with Gasteiger partial charge in [0.05, 0.1) is 21.9 Å². The van der Waals surface area contributed by atoms with Gasteiger partial charge < -0.3 is 9.67 Å². The number of fused-ring (bicyclic) bond motifs is 1. The summed E-state index contributed by atoms with van der Waals surface area (Å²) in [5.74, 6) is -0.150. The van der Waals surface area contributed by atoms with Crippen LogP contribution in [0.5, 0.6) is 5.88 Å². The number of nitrogens with zero attached hydrogens (tertiary/aromatic N) is 4. The van der Waals surface area contributed by atoms with E-state index in [9.17, 15) is 23.6 Å². The summed E-state index contributed by atoms with van der Waals surface area (Å²) < 4.78 is 24.7. The lowest BCUT2D eigenvalue weighted by Crippen LogP contribution is -2.12. The number of para-hydroxylation sites is 1. The first-order chi connectivity index (χ1) is 15.3. The van der Waals surface area contributed by atoms with Crippen LogP contribution < -0.4 is 5.14 Å². The van der Waals surface area contributed by atoms with Crippen LogP contribution in [0.2, 0.25) is 0 Å². The van der Waals surface area contributed by atoms with E-state index in [2.05, 4.69) is 10.2 Å². The minimum Gasteiger partial charge on any atom is -0.493 e. The van der Waals surface area contributed by atoms with E-state index in [0.29, 0.717) is 17.4 Å². The molecule has 10 nitrogen and oxygen atoms in total. The molecule has 3 aromatic carbocycles. The zero-order chi connectivity index (χ0) is 22.9. The predicted molar refractivity (Wildman–Crippen MR) is 118 cm³/mol. The van der Waals surface area contributed by atoms with Gasteiger partial charge in [-0.25, -0.2) is 13.6 Å². The van der Waals surface area contributed by atoms with Crippen LogP contribution in [0.3, 0.4) is 0 Å². The van der Waals surface area contributed by atoms with Crippen LogP contribution in [-0.2, 0) is 16.6 Å². The van der Waals surface area contributed by atoms with Gasteiger partial charge in [0.15, 0.2) is 11.4 Å². The number of hydrogen-bond donors (Lipinski definition) is 2. The number of sulfonamides is 1. The number of benzene rings is 3. The summed E-state index contributed by atoms with van der Waals surface area (Å²) in [5.41, 5.74) is 1.05. The highest BCUT2D eigenvalue weighted by atomic mass is 32.2. The first-order valence-corrected chi connectivity index (χ1v) is 10.9. The molecule has 0 unspecified atom stereocenters. The van der Waals surface area contributed by atoms with Gasteiger partial charge in [-0.1, -0.05) is 48.5 Å². The number of nitro benzene ring substituents is 1. The minimum atomic E-state index is -4.12. The molecule has 0 radical (unpaired) electrons. The third kappa shape index (κ3) is 4.06. The van der Waals surface area contributed by atoms with Gasteiger partial charge in [0.1, 0.15) is 0 Å². The van der Waals surface area contributed by atoms with Crippen LogP contribution in [0, 0.1) is 10.1 Å². The fraction of sp³-hybridized carbons (Fsp3) is 0.0476. The summed E-state index contributed by atoms with van der Waals surface area (Å²) in [6.07, 6.45) is 0. The summed E-state index contributed by atoms with van der Waals surface area (Å²) in [6, 6.07) is 19.8. The Balaban J connectivity index is 1.80. The first-order valence-electron chi connectivity index (χ1n) is 9.33. The molecule has 0 fully saturated rings. The fourth-order valence-electron chi connectivity index (χ4n) is 3.31. The second-order valence-electron chi connectivity index (χ2n) is 6.91. The maximum Gasteiger partial charge on any atom is 0.298 e. The highest BCUT2D eigenvalue weighted by Crippen LogP contribution is 2.40. The van der Waals surface area contributed by atoms with Gasteiger partial charge >= 0.3 is 0 Å². The first kappa shape index (κ1) is 21.2. The summed E-state index contributed by atoms with van der Waals surface area (Å²) in [7, 11) is -4.12. The van der Waals surface area contributed by atoms with E-state index < -0.39 is 25.5 Å². The third-order valence-electron chi connectivity index (χ3n) is 4.83. The maximum absolute atomic E-state index is 11.5. The average molecular weight is 451 g/mol. The van der Waals surface area contributed by atoms with Crippen molar-refractivity contribution in [2.24, 2.45) is 15.4 Å². The van der Waals surface area contributed by atoms with Crippen LogP contribution in [0.4, 0.5) is 17.1 Å². The van der Waals surface area contributed by atoms with E-state index in [1.54, 1.807) is 16.7 Å². The molecular formula is C21H17N5O5S. The molecule has 0 amide bonds. The largest absolute Gasteiger partial charge is 0.493 e. The van der Waals surface area contributed by atoms with Crippen molar-refractivity contribution in [1.82, 2.24) is 4.57 Å². The normalized spacial score (nSPS) is 11.9. The summed E-state index contributed by atoms with van der Waals surface area (Å²) in [4.78, 5) is 10.2. The number of nitro groups is 1. The lowest BCUT2D eigenvalue weighted by atomic mass is 10.2. The van der Waals surface area contributed by atoms with Gasteiger partial charge in [-0.05, 0) is 23.8 Å². The standard InChI is InChI=1S/C21H17N5O5S/c22-32(30,31)15-10-11-17(19(12-15)26(28)29)23-24-20-16-8-4-5-9-18(16)25(21(20)27)13-14-6-2-1-3-7-14/h1-12,27H,13H2,(H2,22,30,31). The molecule has 0 aliphatic heterocycles. The molecule has 4 aromatic rings. The molecule has 0 spiro atoms. The van der Waals surface area contributed by atoms with Gasteiger partial charge in [0, 0.05) is 11.5 Å². The van der Waals surface area contributed by atoms with Crippen LogP contribution in [0.15, 0.2) is 87.9 Å². The maximum atomic E-state index is 11.5. The third-order valence-corrected chi connectivity index (χ3v) is 5.74. The molecule has 1 heterocycles. The highest BCUT2D eigenvalue weighted by molar-refractivity contribution is 7.89. The lowest BCUT2D eigenvalue weighted by molar-refractivity contribution is -0.384. The van der Waals surface area contributed by atoms with Gasteiger partial charge in [0.2, 0.25) is 15.9 Å². The molecule has 3 N–H and O–H groups in total. The van der Waals surface area contributed by atoms with Crippen molar-refractivity contribution in [1.29, 1.82) is 0 Å².